The second kappa shape index (κ2) is 10.7. The highest BCUT2D eigenvalue weighted by molar-refractivity contribution is 7.89. The van der Waals surface area contributed by atoms with Crippen LogP contribution in [0.25, 0.3) is 11.0 Å². The number of hydrogen-bond acceptors (Lipinski definition) is 8. The molecule has 0 atom stereocenters. The van der Waals surface area contributed by atoms with E-state index in [1.54, 1.807) is 37.6 Å². The lowest BCUT2D eigenvalue weighted by Crippen LogP contribution is -2.40. The van der Waals surface area contributed by atoms with Crippen molar-refractivity contribution in [1.29, 1.82) is 0 Å². The summed E-state index contributed by atoms with van der Waals surface area (Å²) in [5.74, 6) is -3.01. The molecular weight excluding hydrogens is 547 g/mol. The summed E-state index contributed by atoms with van der Waals surface area (Å²) in [6.07, 6.45) is 2.72. The Bertz CT molecular complexity index is 1640. The minimum absolute atomic E-state index is 0.0654. The van der Waals surface area contributed by atoms with Crippen molar-refractivity contribution >= 4 is 44.2 Å². The van der Waals surface area contributed by atoms with Crippen molar-refractivity contribution in [2.45, 2.75) is 50.1 Å². The molecule has 0 amide bonds. The maximum atomic E-state index is 14.4. The van der Waals surface area contributed by atoms with Crippen LogP contribution in [0.2, 0.25) is 0 Å². The van der Waals surface area contributed by atoms with Gasteiger partial charge in [-0.15, -0.1) is 0 Å². The van der Waals surface area contributed by atoms with Crippen LogP contribution in [0.3, 0.4) is 0 Å². The van der Waals surface area contributed by atoms with E-state index < -0.39 is 38.7 Å². The maximum Gasteiger partial charge on any atom is 0.241 e. The van der Waals surface area contributed by atoms with Crippen LogP contribution >= 0.6 is 0 Å². The summed E-state index contributed by atoms with van der Waals surface area (Å²) in [7, 11) is -3.77. The molecule has 0 unspecified atom stereocenters. The van der Waals surface area contributed by atoms with E-state index in [2.05, 4.69) is 30.4 Å². The van der Waals surface area contributed by atoms with Crippen LogP contribution in [0.4, 0.5) is 36.3 Å². The van der Waals surface area contributed by atoms with Gasteiger partial charge in [0.2, 0.25) is 16.0 Å². The van der Waals surface area contributed by atoms with Crippen LogP contribution in [-0.2, 0) is 14.8 Å². The van der Waals surface area contributed by atoms with Crippen molar-refractivity contribution in [3.63, 3.8) is 0 Å². The molecule has 2 aromatic heterocycles. The second-order valence-corrected chi connectivity index (χ2v) is 12.1. The number of rotatable bonds is 7. The lowest BCUT2D eigenvalue weighted by molar-refractivity contribution is 0.0674. The van der Waals surface area contributed by atoms with Crippen LogP contribution < -0.4 is 15.4 Å². The predicted molar refractivity (Wildman–Crippen MR) is 144 cm³/mol. The smallest absolute Gasteiger partial charge is 0.241 e. The lowest BCUT2D eigenvalue weighted by Gasteiger charge is -2.22. The first kappa shape index (κ1) is 27.8. The van der Waals surface area contributed by atoms with Crippen LogP contribution in [0.1, 0.15) is 39.7 Å². The van der Waals surface area contributed by atoms with Gasteiger partial charge >= 0.3 is 0 Å². The molecular formula is C26H28F3N7O3S. The first-order chi connectivity index (χ1) is 18.9. The Balaban J connectivity index is 1.51. The van der Waals surface area contributed by atoms with E-state index in [-0.39, 0.29) is 22.7 Å². The average molecular weight is 576 g/mol. The third-order valence-electron chi connectivity index (χ3n) is 6.08. The third-order valence-corrected chi connectivity index (χ3v) is 7.83. The van der Waals surface area contributed by atoms with Gasteiger partial charge < -0.3 is 15.4 Å². The molecule has 14 heteroatoms. The van der Waals surface area contributed by atoms with E-state index in [4.69, 9.17) is 4.74 Å². The molecule has 0 radical (unpaired) electrons. The Morgan fingerprint density at radius 1 is 1.02 bits per heavy atom. The lowest BCUT2D eigenvalue weighted by atomic mass is 10.1. The number of aromatic nitrogens is 4. The molecule has 10 nitrogen and oxygen atoms in total. The van der Waals surface area contributed by atoms with Crippen molar-refractivity contribution in [1.82, 2.24) is 24.5 Å². The normalized spacial score (nSPS) is 14.9. The largest absolute Gasteiger partial charge is 0.381 e. The highest BCUT2D eigenvalue weighted by atomic mass is 32.2. The number of nitrogens with zero attached hydrogens (tertiary/aromatic N) is 4. The van der Waals surface area contributed by atoms with Gasteiger partial charge in [0.1, 0.15) is 11.5 Å². The van der Waals surface area contributed by atoms with Crippen LogP contribution in [0.5, 0.6) is 0 Å². The van der Waals surface area contributed by atoms with Crippen LogP contribution in [0.15, 0.2) is 47.5 Å². The summed E-state index contributed by atoms with van der Waals surface area (Å²) >= 11 is 0. The fourth-order valence-corrected chi connectivity index (χ4v) is 5.84. The van der Waals surface area contributed by atoms with Gasteiger partial charge in [0, 0.05) is 42.8 Å². The maximum absolute atomic E-state index is 14.4. The number of benzene rings is 2. The number of hydrogen-bond donors (Lipinski definition) is 3. The van der Waals surface area contributed by atoms with Gasteiger partial charge in [-0.25, -0.2) is 36.0 Å². The van der Waals surface area contributed by atoms with E-state index >= 15 is 0 Å². The fraction of sp³-hybridized carbons (Fsp3) is 0.346. The highest BCUT2D eigenvalue weighted by Gasteiger charge is 2.25. The quantitative estimate of drug-likeness (QED) is 0.276. The number of nitrogens with one attached hydrogen (secondary N) is 3. The highest BCUT2D eigenvalue weighted by Crippen LogP contribution is 2.33. The number of ether oxygens (including phenoxy) is 1. The topological polar surface area (TPSA) is 123 Å². The summed E-state index contributed by atoms with van der Waals surface area (Å²) < 4.78 is 77.5. The van der Waals surface area contributed by atoms with Crippen molar-refractivity contribution < 1.29 is 26.3 Å². The Morgan fingerprint density at radius 2 is 1.73 bits per heavy atom. The van der Waals surface area contributed by atoms with Crippen molar-refractivity contribution in [2.75, 3.05) is 23.8 Å². The summed E-state index contributed by atoms with van der Waals surface area (Å²) in [4.78, 5) is 8.99. The van der Waals surface area contributed by atoms with E-state index in [1.807, 2.05) is 0 Å². The van der Waals surface area contributed by atoms with Gasteiger partial charge in [-0.1, -0.05) is 6.07 Å². The molecule has 0 spiro atoms. The number of halogens is 3. The summed E-state index contributed by atoms with van der Waals surface area (Å²) in [5.41, 5.74) is -0.399. The molecule has 0 saturated carbocycles. The Morgan fingerprint density at radius 3 is 2.40 bits per heavy atom. The Kier molecular flexibility index (Phi) is 7.42. The molecule has 1 aliphatic heterocycles. The van der Waals surface area contributed by atoms with E-state index in [9.17, 15) is 21.6 Å². The number of fused-ring (bicyclic) bond motifs is 1. The van der Waals surface area contributed by atoms with Crippen LogP contribution in [-0.4, -0.2) is 46.9 Å². The first-order valence-corrected chi connectivity index (χ1v) is 14.0. The Hall–Kier alpha value is -3.75. The molecule has 212 valence electrons. The van der Waals surface area contributed by atoms with Gasteiger partial charge in [0.25, 0.3) is 0 Å². The molecule has 2 aromatic carbocycles. The zero-order chi connectivity index (χ0) is 28.7. The third kappa shape index (κ3) is 6.03. The Labute approximate surface area is 229 Å². The number of anilines is 4. The summed E-state index contributed by atoms with van der Waals surface area (Å²) in [5, 5.41) is 10.6. The van der Waals surface area contributed by atoms with Crippen LogP contribution in [0, 0.1) is 17.5 Å². The van der Waals surface area contributed by atoms with E-state index in [0.29, 0.717) is 54.9 Å². The SMILES string of the molecule is CC(C)(C)NS(=O)(=O)c1cccc(Nc2ncc3c(Nc4c(F)cc(F)cc4F)nn(C4CCOCC4)c3n2)c1. The van der Waals surface area contributed by atoms with E-state index in [0.717, 1.165) is 0 Å². The molecule has 4 aromatic rings. The second-order valence-electron chi connectivity index (χ2n) is 10.4. The fourth-order valence-electron chi connectivity index (χ4n) is 4.37. The van der Waals surface area contributed by atoms with Gasteiger partial charge in [-0.3, -0.25) is 0 Å². The minimum atomic E-state index is -3.77. The molecule has 1 saturated heterocycles. The van der Waals surface area contributed by atoms with Crippen molar-refractivity contribution in [2.24, 2.45) is 0 Å². The summed E-state index contributed by atoms with van der Waals surface area (Å²) in [6.45, 7) is 6.27. The molecule has 3 N–H and O–H groups in total. The molecule has 5 rings (SSSR count). The zero-order valence-electron chi connectivity index (χ0n) is 22.0. The first-order valence-electron chi connectivity index (χ1n) is 12.6. The monoisotopic (exact) mass is 575 g/mol. The molecule has 0 bridgehead atoms. The predicted octanol–water partition coefficient (Wildman–Crippen LogP) is 5.16. The standard InChI is InChI=1S/C26H28F3N7O3S/c1-26(2,3)35-40(37,38)18-6-4-5-16(13-18)31-25-30-14-19-23(32-22-20(28)11-15(27)12-21(22)29)34-36(24(19)33-25)17-7-9-39-10-8-17/h4-6,11-14,17,35H,7-10H2,1-3H3,(H,32,34)(H,30,31,33). The van der Waals surface area contributed by atoms with E-state index in [1.165, 1.54) is 18.3 Å². The molecule has 40 heavy (non-hydrogen) atoms. The molecule has 1 fully saturated rings. The van der Waals surface area contributed by atoms with Gasteiger partial charge in [0.05, 0.1) is 16.3 Å². The van der Waals surface area contributed by atoms with Gasteiger partial charge in [-0.2, -0.15) is 10.1 Å². The summed E-state index contributed by atoms with van der Waals surface area (Å²) in [6, 6.07) is 7.26. The minimum Gasteiger partial charge on any atom is -0.381 e. The molecule has 3 heterocycles. The number of sulfonamides is 1. The van der Waals surface area contributed by atoms with Gasteiger partial charge in [0.15, 0.2) is 23.1 Å². The molecule has 1 aliphatic rings. The van der Waals surface area contributed by atoms with Crippen molar-refractivity contribution in [3.05, 3.63) is 60.0 Å². The van der Waals surface area contributed by atoms with Crippen molar-refractivity contribution in [3.8, 4) is 0 Å². The van der Waals surface area contributed by atoms with Gasteiger partial charge in [-0.05, 0) is 51.8 Å². The zero-order valence-corrected chi connectivity index (χ0v) is 22.8. The molecule has 0 aliphatic carbocycles. The average Bonchev–Trinajstić information content (AvgIpc) is 3.23.